The van der Waals surface area contributed by atoms with Gasteiger partial charge in [0.05, 0.1) is 24.7 Å². The van der Waals surface area contributed by atoms with E-state index < -0.39 is 0 Å². The molecule has 0 atom stereocenters. The van der Waals surface area contributed by atoms with Crippen molar-refractivity contribution in [3.63, 3.8) is 0 Å². The van der Waals surface area contributed by atoms with Crippen LogP contribution in [0.15, 0.2) is 71.9 Å². The summed E-state index contributed by atoms with van der Waals surface area (Å²) >= 11 is 6.59. The monoisotopic (exact) mass is 498 g/mol. The highest BCUT2D eigenvalue weighted by Crippen LogP contribution is 2.31. The number of rotatable bonds is 6. The molecule has 0 saturated carbocycles. The SMILES string of the molecule is COc1ccc(CN(C)c2ncc3cc(-c4ccc(-c5cncc(C)n5)cc4Cl)c(=O)[nH]c3n2)cc1. The fourth-order valence-corrected chi connectivity index (χ4v) is 4.22. The van der Waals surface area contributed by atoms with Crippen molar-refractivity contribution in [1.82, 2.24) is 24.9 Å². The Hall–Kier alpha value is -4.30. The minimum absolute atomic E-state index is 0.282. The zero-order chi connectivity index (χ0) is 25.2. The fraction of sp³-hybridized carbons (Fsp3) is 0.148. The molecule has 0 bridgehead atoms. The van der Waals surface area contributed by atoms with Crippen molar-refractivity contribution in [3.8, 4) is 28.1 Å². The number of hydrogen-bond acceptors (Lipinski definition) is 7. The molecule has 3 heterocycles. The van der Waals surface area contributed by atoms with Gasteiger partial charge in [0, 0.05) is 53.1 Å². The molecule has 0 amide bonds. The lowest BCUT2D eigenvalue weighted by Gasteiger charge is -2.17. The first-order chi connectivity index (χ1) is 17.4. The number of fused-ring (bicyclic) bond motifs is 1. The average molecular weight is 499 g/mol. The van der Waals surface area contributed by atoms with E-state index in [1.54, 1.807) is 37.8 Å². The summed E-state index contributed by atoms with van der Waals surface area (Å²) < 4.78 is 5.21. The van der Waals surface area contributed by atoms with Gasteiger partial charge in [-0.1, -0.05) is 35.9 Å². The summed E-state index contributed by atoms with van der Waals surface area (Å²) in [5.41, 5.74) is 4.67. The molecule has 8 nitrogen and oxygen atoms in total. The lowest BCUT2D eigenvalue weighted by Crippen LogP contribution is -2.19. The minimum atomic E-state index is -0.282. The van der Waals surface area contributed by atoms with E-state index in [2.05, 4.69) is 24.9 Å². The first-order valence-electron chi connectivity index (χ1n) is 11.2. The summed E-state index contributed by atoms with van der Waals surface area (Å²) in [5, 5.41) is 1.15. The predicted octanol–water partition coefficient (Wildman–Crippen LogP) is 5.05. The van der Waals surface area contributed by atoms with Gasteiger partial charge in [0.2, 0.25) is 5.95 Å². The van der Waals surface area contributed by atoms with Crippen molar-refractivity contribution in [2.24, 2.45) is 0 Å². The Morgan fingerprint density at radius 3 is 2.53 bits per heavy atom. The van der Waals surface area contributed by atoms with Crippen LogP contribution < -0.4 is 15.2 Å². The second kappa shape index (κ2) is 9.75. The minimum Gasteiger partial charge on any atom is -0.497 e. The number of pyridine rings is 1. The first kappa shape index (κ1) is 23.4. The van der Waals surface area contributed by atoms with Gasteiger partial charge >= 0.3 is 0 Å². The van der Waals surface area contributed by atoms with Crippen LogP contribution >= 0.6 is 11.6 Å². The van der Waals surface area contributed by atoms with Gasteiger partial charge in [0.25, 0.3) is 5.56 Å². The maximum absolute atomic E-state index is 13.0. The summed E-state index contributed by atoms with van der Waals surface area (Å²) in [7, 11) is 3.54. The van der Waals surface area contributed by atoms with Gasteiger partial charge in [-0.2, -0.15) is 4.98 Å². The molecule has 0 spiro atoms. The van der Waals surface area contributed by atoms with Crippen molar-refractivity contribution in [2.45, 2.75) is 13.5 Å². The van der Waals surface area contributed by atoms with Gasteiger partial charge in [0.1, 0.15) is 11.4 Å². The third-order valence-electron chi connectivity index (χ3n) is 5.81. The number of aryl methyl sites for hydroxylation is 1. The Morgan fingerprint density at radius 2 is 1.81 bits per heavy atom. The van der Waals surface area contributed by atoms with Gasteiger partial charge in [-0.05, 0) is 36.8 Å². The lowest BCUT2D eigenvalue weighted by atomic mass is 10.0. The number of anilines is 1. The van der Waals surface area contributed by atoms with Gasteiger partial charge < -0.3 is 14.6 Å². The van der Waals surface area contributed by atoms with E-state index in [0.29, 0.717) is 39.7 Å². The molecule has 0 saturated heterocycles. The topological polar surface area (TPSA) is 96.9 Å². The number of ether oxygens (including phenoxy) is 1. The number of methoxy groups -OCH3 is 1. The van der Waals surface area contributed by atoms with Gasteiger partial charge in [-0.3, -0.25) is 9.78 Å². The highest BCUT2D eigenvalue weighted by atomic mass is 35.5. The van der Waals surface area contributed by atoms with Crippen molar-refractivity contribution < 1.29 is 4.74 Å². The normalized spacial score (nSPS) is 11.0. The first-order valence-corrected chi connectivity index (χ1v) is 11.6. The van der Waals surface area contributed by atoms with Crippen LogP contribution in [-0.4, -0.2) is 39.1 Å². The van der Waals surface area contributed by atoms with Crippen LogP contribution in [0.5, 0.6) is 5.75 Å². The number of nitrogens with one attached hydrogen (secondary N) is 1. The maximum Gasteiger partial charge on any atom is 0.257 e. The Bertz CT molecular complexity index is 1620. The highest BCUT2D eigenvalue weighted by Gasteiger charge is 2.14. The van der Waals surface area contributed by atoms with Crippen LogP contribution in [0, 0.1) is 6.92 Å². The third kappa shape index (κ3) is 4.76. The molecular formula is C27H23ClN6O2. The molecule has 0 radical (unpaired) electrons. The number of hydrogen-bond donors (Lipinski definition) is 1. The van der Waals surface area contributed by atoms with Crippen molar-refractivity contribution in [2.75, 3.05) is 19.1 Å². The molecule has 0 aliphatic heterocycles. The van der Waals surface area contributed by atoms with Crippen LogP contribution in [0.3, 0.4) is 0 Å². The quantitative estimate of drug-likeness (QED) is 0.350. The second-order valence-electron chi connectivity index (χ2n) is 8.43. The summed E-state index contributed by atoms with van der Waals surface area (Å²) in [4.78, 5) is 35.5. The zero-order valence-electron chi connectivity index (χ0n) is 20.0. The van der Waals surface area contributed by atoms with Crippen molar-refractivity contribution in [1.29, 1.82) is 0 Å². The summed E-state index contributed by atoms with van der Waals surface area (Å²) in [6, 6.07) is 15.0. The number of aromatic nitrogens is 5. The molecule has 180 valence electrons. The lowest BCUT2D eigenvalue weighted by molar-refractivity contribution is 0.414. The standard InChI is InChI=1S/C27H23ClN6O2/c1-16-12-29-14-24(31-16)18-6-9-21(23(28)11-18)22-10-19-13-30-27(33-25(19)32-26(22)35)34(2)15-17-4-7-20(36-3)8-5-17/h4-14H,15H2,1-3H3,(H,30,32,33,35). The van der Waals surface area contributed by atoms with E-state index in [1.807, 2.05) is 55.3 Å². The van der Waals surface area contributed by atoms with E-state index in [0.717, 1.165) is 28.3 Å². The molecule has 0 aliphatic carbocycles. The molecule has 9 heteroatoms. The summed E-state index contributed by atoms with van der Waals surface area (Å²) in [5.74, 6) is 1.30. The number of halogens is 1. The van der Waals surface area contributed by atoms with Crippen LogP contribution in [0.25, 0.3) is 33.4 Å². The van der Waals surface area contributed by atoms with E-state index >= 15 is 0 Å². The Morgan fingerprint density at radius 1 is 1.00 bits per heavy atom. The van der Waals surface area contributed by atoms with Gasteiger partial charge in [-0.25, -0.2) is 9.97 Å². The average Bonchev–Trinajstić information content (AvgIpc) is 2.88. The molecule has 3 aromatic heterocycles. The largest absolute Gasteiger partial charge is 0.497 e. The zero-order valence-corrected chi connectivity index (χ0v) is 20.7. The van der Waals surface area contributed by atoms with Crippen LogP contribution in [-0.2, 0) is 6.54 Å². The molecule has 5 aromatic rings. The van der Waals surface area contributed by atoms with Crippen LogP contribution in [0.4, 0.5) is 5.95 Å². The van der Waals surface area contributed by atoms with Crippen LogP contribution in [0.2, 0.25) is 5.02 Å². The maximum atomic E-state index is 13.0. The van der Waals surface area contributed by atoms with Gasteiger partial charge in [-0.15, -0.1) is 0 Å². The fourth-order valence-electron chi connectivity index (χ4n) is 3.94. The van der Waals surface area contributed by atoms with Crippen LogP contribution in [0.1, 0.15) is 11.3 Å². The molecule has 5 rings (SSSR count). The van der Waals surface area contributed by atoms with Gasteiger partial charge in [0.15, 0.2) is 0 Å². The highest BCUT2D eigenvalue weighted by molar-refractivity contribution is 6.33. The second-order valence-corrected chi connectivity index (χ2v) is 8.84. The van der Waals surface area contributed by atoms with E-state index in [-0.39, 0.29) is 5.56 Å². The summed E-state index contributed by atoms with van der Waals surface area (Å²) in [6.45, 7) is 2.48. The van der Waals surface area contributed by atoms with Crippen molar-refractivity contribution in [3.05, 3.63) is 93.8 Å². The molecule has 0 unspecified atom stereocenters. The smallest absolute Gasteiger partial charge is 0.257 e. The number of H-pyrrole nitrogens is 1. The Kier molecular flexibility index (Phi) is 6.35. The van der Waals surface area contributed by atoms with E-state index in [1.165, 1.54) is 0 Å². The number of nitrogens with zero attached hydrogens (tertiary/aromatic N) is 5. The third-order valence-corrected chi connectivity index (χ3v) is 6.12. The molecule has 0 fully saturated rings. The predicted molar refractivity (Wildman–Crippen MR) is 141 cm³/mol. The van der Waals surface area contributed by atoms with E-state index in [4.69, 9.17) is 16.3 Å². The Balaban J connectivity index is 1.43. The molecule has 2 aromatic carbocycles. The molecule has 36 heavy (non-hydrogen) atoms. The molecular weight excluding hydrogens is 476 g/mol. The van der Waals surface area contributed by atoms with Crippen molar-refractivity contribution >= 4 is 28.6 Å². The molecule has 0 aliphatic rings. The number of benzene rings is 2. The number of aromatic amines is 1. The molecule has 1 N–H and O–H groups in total. The van der Waals surface area contributed by atoms with E-state index in [9.17, 15) is 4.79 Å². The summed E-state index contributed by atoms with van der Waals surface area (Å²) in [6.07, 6.45) is 5.08. The Labute approximate surface area is 212 Å².